The molecule has 0 saturated carbocycles. The van der Waals surface area contributed by atoms with Crippen molar-refractivity contribution in [3.05, 3.63) is 60.2 Å². The molecule has 0 spiro atoms. The Morgan fingerprint density at radius 2 is 1.89 bits per heavy atom. The summed E-state index contributed by atoms with van der Waals surface area (Å²) < 4.78 is 4.95. The Morgan fingerprint density at radius 1 is 1.32 bits per heavy atom. The number of allylic oxidation sites excluding steroid dienone is 1. The van der Waals surface area contributed by atoms with E-state index >= 15 is 0 Å². The van der Waals surface area contributed by atoms with Crippen LogP contribution in [0.25, 0.3) is 0 Å². The summed E-state index contributed by atoms with van der Waals surface area (Å²) in [5.74, 6) is -1.23. The molecule has 1 N–H and O–H groups in total. The molecule has 0 aliphatic rings. The first-order chi connectivity index (χ1) is 8.97. The van der Waals surface area contributed by atoms with Crippen molar-refractivity contribution in [2.45, 2.75) is 20.5 Å². The number of hydrogen-bond donors (Lipinski definition) is 1. The molecular weight excluding hydrogens is 244 g/mol. The molecule has 0 fully saturated rings. The fraction of sp³-hybridized carbons (Fsp3) is 0.200. The number of rotatable bonds is 4. The summed E-state index contributed by atoms with van der Waals surface area (Å²) in [6.07, 6.45) is 2.56. The van der Waals surface area contributed by atoms with Gasteiger partial charge in [-0.25, -0.2) is 9.59 Å². The van der Waals surface area contributed by atoms with E-state index < -0.39 is 5.97 Å². The third kappa shape index (κ3) is 9.35. The molecule has 1 aromatic rings. The first kappa shape index (κ1) is 16.6. The van der Waals surface area contributed by atoms with Crippen molar-refractivity contribution in [1.82, 2.24) is 0 Å². The maximum atomic E-state index is 11.0. The van der Waals surface area contributed by atoms with Crippen LogP contribution in [0, 0.1) is 0 Å². The zero-order valence-corrected chi connectivity index (χ0v) is 11.1. The van der Waals surface area contributed by atoms with Crippen LogP contribution in [0.3, 0.4) is 0 Å². The summed E-state index contributed by atoms with van der Waals surface area (Å²) in [6.45, 7) is 7.10. The summed E-state index contributed by atoms with van der Waals surface area (Å²) in [7, 11) is 0. The Labute approximate surface area is 113 Å². The number of carboxylic acid groups (broad SMARTS) is 1. The van der Waals surface area contributed by atoms with E-state index in [9.17, 15) is 9.59 Å². The van der Waals surface area contributed by atoms with Crippen LogP contribution in [0.5, 0.6) is 0 Å². The minimum absolute atomic E-state index is 0.312. The van der Waals surface area contributed by atoms with Crippen LogP contribution in [-0.2, 0) is 20.9 Å². The van der Waals surface area contributed by atoms with Gasteiger partial charge in [0.2, 0.25) is 0 Å². The molecule has 4 nitrogen and oxygen atoms in total. The van der Waals surface area contributed by atoms with Gasteiger partial charge in [-0.05, 0) is 19.4 Å². The van der Waals surface area contributed by atoms with Gasteiger partial charge in [-0.3, -0.25) is 0 Å². The Kier molecular flexibility index (Phi) is 8.45. The molecule has 0 aliphatic heterocycles. The van der Waals surface area contributed by atoms with Gasteiger partial charge >= 0.3 is 11.9 Å². The average molecular weight is 262 g/mol. The second-order valence-electron chi connectivity index (χ2n) is 3.68. The molecule has 0 amide bonds. The highest BCUT2D eigenvalue weighted by Crippen LogP contribution is 2.02. The molecule has 19 heavy (non-hydrogen) atoms. The topological polar surface area (TPSA) is 63.6 Å². The lowest BCUT2D eigenvalue weighted by Gasteiger charge is -2.03. The number of carbonyl (C=O) groups is 2. The van der Waals surface area contributed by atoms with Crippen molar-refractivity contribution in [2.24, 2.45) is 0 Å². The van der Waals surface area contributed by atoms with Crippen molar-refractivity contribution >= 4 is 11.9 Å². The largest absolute Gasteiger partial charge is 0.478 e. The molecule has 102 valence electrons. The van der Waals surface area contributed by atoms with Gasteiger partial charge in [0.25, 0.3) is 0 Å². The number of carbonyl (C=O) groups excluding carboxylic acids is 1. The molecule has 0 bridgehead atoms. The number of ether oxygens (including phenoxy) is 1. The molecular formula is C15H18O4. The number of esters is 1. The third-order valence-electron chi connectivity index (χ3n) is 1.87. The molecule has 1 rings (SSSR count). The highest BCUT2D eigenvalue weighted by molar-refractivity contribution is 5.86. The van der Waals surface area contributed by atoms with Crippen molar-refractivity contribution < 1.29 is 19.4 Å². The summed E-state index contributed by atoms with van der Waals surface area (Å²) in [6, 6.07) is 9.55. The predicted octanol–water partition coefficient (Wildman–Crippen LogP) is 2.95. The Bertz CT molecular complexity index is 446. The SMILES string of the molecule is C=C(C)C(=O)OCc1ccccc1.CC=CC(=O)O. The van der Waals surface area contributed by atoms with E-state index in [0.717, 1.165) is 11.6 Å². The molecule has 0 heterocycles. The minimum Gasteiger partial charge on any atom is -0.478 e. The Balaban J connectivity index is 0.000000459. The van der Waals surface area contributed by atoms with Crippen molar-refractivity contribution in [2.75, 3.05) is 0 Å². The van der Waals surface area contributed by atoms with Crippen LogP contribution in [0.4, 0.5) is 0 Å². The molecule has 0 atom stereocenters. The zero-order chi connectivity index (χ0) is 14.7. The van der Waals surface area contributed by atoms with E-state index in [4.69, 9.17) is 9.84 Å². The van der Waals surface area contributed by atoms with Gasteiger partial charge in [-0.2, -0.15) is 0 Å². The number of hydrogen-bond acceptors (Lipinski definition) is 3. The number of carboxylic acids is 1. The van der Waals surface area contributed by atoms with Crippen molar-refractivity contribution in [1.29, 1.82) is 0 Å². The molecule has 0 aromatic heterocycles. The van der Waals surface area contributed by atoms with E-state index in [2.05, 4.69) is 6.58 Å². The molecule has 0 aliphatic carbocycles. The van der Waals surface area contributed by atoms with Gasteiger partial charge in [-0.1, -0.05) is 43.0 Å². The second kappa shape index (κ2) is 9.65. The first-order valence-corrected chi connectivity index (χ1v) is 5.69. The van der Waals surface area contributed by atoms with E-state index in [1.165, 1.54) is 6.08 Å². The van der Waals surface area contributed by atoms with Crippen molar-refractivity contribution in [3.8, 4) is 0 Å². The van der Waals surface area contributed by atoms with Gasteiger partial charge in [0.1, 0.15) is 6.61 Å². The van der Waals surface area contributed by atoms with Crippen LogP contribution in [0.15, 0.2) is 54.6 Å². The summed E-state index contributed by atoms with van der Waals surface area (Å²) in [5.41, 5.74) is 1.41. The zero-order valence-electron chi connectivity index (χ0n) is 11.1. The van der Waals surface area contributed by atoms with Gasteiger partial charge in [0.15, 0.2) is 0 Å². The van der Waals surface area contributed by atoms with Gasteiger partial charge < -0.3 is 9.84 Å². The highest BCUT2D eigenvalue weighted by Gasteiger charge is 2.02. The number of aliphatic carboxylic acids is 1. The van der Waals surface area contributed by atoms with Crippen LogP contribution in [0.2, 0.25) is 0 Å². The van der Waals surface area contributed by atoms with Crippen LogP contribution in [-0.4, -0.2) is 17.0 Å². The fourth-order valence-corrected chi connectivity index (χ4v) is 0.989. The van der Waals surface area contributed by atoms with Gasteiger partial charge in [0.05, 0.1) is 0 Å². The van der Waals surface area contributed by atoms with E-state index in [1.807, 2.05) is 30.3 Å². The lowest BCUT2D eigenvalue weighted by molar-refractivity contribution is -0.140. The van der Waals surface area contributed by atoms with E-state index in [-0.39, 0.29) is 5.97 Å². The lowest BCUT2D eigenvalue weighted by Crippen LogP contribution is -2.04. The standard InChI is InChI=1S/C11H12O2.C4H6O2/c1-9(2)11(12)13-8-10-6-4-3-5-7-10;1-2-3-4(5)6/h3-7H,1,8H2,2H3;2-3H,1H3,(H,5,6). The average Bonchev–Trinajstić information content (AvgIpc) is 2.37. The first-order valence-electron chi connectivity index (χ1n) is 5.69. The van der Waals surface area contributed by atoms with Gasteiger partial charge in [-0.15, -0.1) is 0 Å². The fourth-order valence-electron chi connectivity index (χ4n) is 0.989. The molecule has 0 unspecified atom stereocenters. The van der Waals surface area contributed by atoms with Crippen LogP contribution in [0.1, 0.15) is 19.4 Å². The Hall–Kier alpha value is -2.36. The van der Waals surface area contributed by atoms with E-state index in [1.54, 1.807) is 13.8 Å². The number of benzene rings is 1. The quantitative estimate of drug-likeness (QED) is 0.669. The molecule has 1 aromatic carbocycles. The molecule has 4 heteroatoms. The monoisotopic (exact) mass is 262 g/mol. The third-order valence-corrected chi connectivity index (χ3v) is 1.87. The summed E-state index contributed by atoms with van der Waals surface area (Å²) in [4.78, 5) is 20.5. The molecule has 0 saturated heterocycles. The summed E-state index contributed by atoms with van der Waals surface area (Å²) in [5, 5.41) is 7.83. The molecule has 0 radical (unpaired) electrons. The van der Waals surface area contributed by atoms with Crippen LogP contribution >= 0.6 is 0 Å². The van der Waals surface area contributed by atoms with Gasteiger partial charge in [0, 0.05) is 11.6 Å². The van der Waals surface area contributed by atoms with Crippen LogP contribution < -0.4 is 0 Å². The normalized spacial score (nSPS) is 9.37. The second-order valence-corrected chi connectivity index (χ2v) is 3.68. The summed E-state index contributed by atoms with van der Waals surface area (Å²) >= 11 is 0. The maximum absolute atomic E-state index is 11.0. The van der Waals surface area contributed by atoms with Crippen molar-refractivity contribution in [3.63, 3.8) is 0 Å². The maximum Gasteiger partial charge on any atom is 0.333 e. The predicted molar refractivity (Wildman–Crippen MR) is 73.5 cm³/mol. The lowest BCUT2D eigenvalue weighted by atomic mass is 10.2. The smallest absolute Gasteiger partial charge is 0.333 e. The highest BCUT2D eigenvalue weighted by atomic mass is 16.5. The van der Waals surface area contributed by atoms with E-state index in [0.29, 0.717) is 12.2 Å². The minimum atomic E-state index is -0.891. The Morgan fingerprint density at radius 3 is 2.26 bits per heavy atom.